The molecule has 0 fully saturated rings. The van der Waals surface area contributed by atoms with Gasteiger partial charge in [0.2, 0.25) is 0 Å². The van der Waals surface area contributed by atoms with Crippen LogP contribution in [0.5, 0.6) is 0 Å². The summed E-state index contributed by atoms with van der Waals surface area (Å²) < 4.78 is 26.5. The van der Waals surface area contributed by atoms with Gasteiger partial charge in [0.15, 0.2) is 0 Å². The maximum atomic E-state index is 13.2. The highest BCUT2D eigenvalue weighted by atomic mass is 35.5. The molecule has 2 rings (SSSR count). The van der Waals surface area contributed by atoms with Crippen LogP contribution < -0.4 is 5.32 Å². The zero-order valence-corrected chi connectivity index (χ0v) is 15.8. The molecular formula is C19H24ClF2N3. The molecule has 0 aliphatic carbocycles. The highest BCUT2D eigenvalue weighted by molar-refractivity contribution is 5.85. The number of benzene rings is 2. The summed E-state index contributed by atoms with van der Waals surface area (Å²) in [5, 5.41) is 3.23. The average molecular weight is 368 g/mol. The van der Waals surface area contributed by atoms with Crippen molar-refractivity contribution in [3.8, 4) is 0 Å². The number of anilines is 1. The monoisotopic (exact) mass is 367 g/mol. The Morgan fingerprint density at radius 1 is 1.04 bits per heavy atom. The zero-order valence-electron chi connectivity index (χ0n) is 14.9. The third-order valence-corrected chi connectivity index (χ3v) is 3.84. The number of aryl methyl sites for hydroxylation is 2. The third-order valence-electron chi connectivity index (χ3n) is 3.84. The van der Waals surface area contributed by atoms with E-state index >= 15 is 0 Å². The topological polar surface area (TPSA) is 27.6 Å². The Kier molecular flexibility index (Phi) is 7.84. The molecule has 136 valence electrons. The second kappa shape index (κ2) is 9.37. The van der Waals surface area contributed by atoms with Crippen LogP contribution in [0.1, 0.15) is 23.6 Å². The summed E-state index contributed by atoms with van der Waals surface area (Å²) in [6.45, 7) is 7.29. The molecule has 2 aromatic carbocycles. The number of halogens is 3. The molecule has 0 spiro atoms. The van der Waals surface area contributed by atoms with Crippen LogP contribution in [0.3, 0.4) is 0 Å². The predicted octanol–water partition coefficient (Wildman–Crippen LogP) is 5.23. The summed E-state index contributed by atoms with van der Waals surface area (Å²) in [5.41, 5.74) is 4.48. The molecule has 0 saturated carbocycles. The lowest BCUT2D eigenvalue weighted by atomic mass is 10.1. The Balaban J connectivity index is 0.00000312. The molecule has 0 radical (unpaired) electrons. The minimum absolute atomic E-state index is 0. The summed E-state index contributed by atoms with van der Waals surface area (Å²) in [7, 11) is 1.97. The third kappa shape index (κ3) is 6.02. The first kappa shape index (κ1) is 20.9. The summed E-state index contributed by atoms with van der Waals surface area (Å²) in [5.74, 6) is -1.13. The van der Waals surface area contributed by atoms with Crippen LogP contribution in [0, 0.1) is 25.5 Å². The quantitative estimate of drug-likeness (QED) is 0.559. The Bertz CT molecular complexity index is 727. The Hall–Kier alpha value is -2.14. The van der Waals surface area contributed by atoms with Gasteiger partial charge in [0.05, 0.1) is 12.0 Å². The van der Waals surface area contributed by atoms with Crippen LogP contribution in [0.25, 0.3) is 0 Å². The van der Waals surface area contributed by atoms with Crippen LogP contribution in [0.4, 0.5) is 20.2 Å². The molecule has 1 N–H and O–H groups in total. The van der Waals surface area contributed by atoms with E-state index in [-0.39, 0.29) is 12.4 Å². The van der Waals surface area contributed by atoms with E-state index in [1.54, 1.807) is 0 Å². The molecule has 0 aliphatic rings. The number of nitrogens with zero attached hydrogens (tertiary/aromatic N) is 2. The standard InChI is InChI=1S/C19H23F2N3.ClH/c1-5-24(4)12-23-19-7-13(2)18(6-14(19)3)22-11-15-8-16(20)10-17(21)9-15;/h6-10,12,22H,5,11H2,1-4H3;1H/b23-12-;. The van der Waals surface area contributed by atoms with E-state index in [0.29, 0.717) is 12.1 Å². The molecule has 0 saturated heterocycles. The minimum Gasteiger partial charge on any atom is -0.381 e. The van der Waals surface area contributed by atoms with E-state index in [4.69, 9.17) is 0 Å². The average Bonchev–Trinajstić information content (AvgIpc) is 2.52. The SMILES string of the molecule is CCN(C)/C=N\c1cc(C)c(NCc2cc(F)cc(F)c2)cc1C.Cl. The molecule has 0 aromatic heterocycles. The Labute approximate surface area is 154 Å². The van der Waals surface area contributed by atoms with E-state index in [2.05, 4.69) is 17.2 Å². The normalized spacial score (nSPS) is 10.6. The van der Waals surface area contributed by atoms with Crippen molar-refractivity contribution in [2.75, 3.05) is 18.9 Å². The zero-order chi connectivity index (χ0) is 17.7. The van der Waals surface area contributed by atoms with E-state index in [0.717, 1.165) is 35.1 Å². The lowest BCUT2D eigenvalue weighted by molar-refractivity contribution is 0.552. The lowest BCUT2D eigenvalue weighted by Gasteiger charge is -2.13. The van der Waals surface area contributed by atoms with Crippen molar-refractivity contribution < 1.29 is 8.78 Å². The van der Waals surface area contributed by atoms with Crippen molar-refractivity contribution in [2.45, 2.75) is 27.3 Å². The fraction of sp³-hybridized carbons (Fsp3) is 0.316. The maximum absolute atomic E-state index is 13.2. The highest BCUT2D eigenvalue weighted by Gasteiger charge is 2.05. The van der Waals surface area contributed by atoms with Gasteiger partial charge >= 0.3 is 0 Å². The van der Waals surface area contributed by atoms with Crippen LogP contribution in [-0.4, -0.2) is 24.8 Å². The van der Waals surface area contributed by atoms with Crippen LogP contribution in [-0.2, 0) is 6.54 Å². The number of rotatable bonds is 6. The van der Waals surface area contributed by atoms with Gasteiger partial charge in [-0.3, -0.25) is 0 Å². The predicted molar refractivity (Wildman–Crippen MR) is 103 cm³/mol. The minimum atomic E-state index is -0.565. The molecule has 0 heterocycles. The molecule has 0 bridgehead atoms. The number of aliphatic imine (C=N–C) groups is 1. The fourth-order valence-electron chi connectivity index (χ4n) is 2.28. The van der Waals surface area contributed by atoms with Crippen molar-refractivity contribution in [3.05, 3.63) is 58.7 Å². The van der Waals surface area contributed by atoms with Gasteiger partial charge in [-0.1, -0.05) is 0 Å². The summed E-state index contributed by atoms with van der Waals surface area (Å²) in [4.78, 5) is 6.49. The van der Waals surface area contributed by atoms with Gasteiger partial charge in [-0.15, -0.1) is 12.4 Å². The number of hydrogen-bond acceptors (Lipinski definition) is 2. The molecule has 6 heteroatoms. The molecule has 0 aliphatic heterocycles. The van der Waals surface area contributed by atoms with Gasteiger partial charge in [0, 0.05) is 31.9 Å². The van der Waals surface area contributed by atoms with Gasteiger partial charge in [0.25, 0.3) is 0 Å². The summed E-state index contributed by atoms with van der Waals surface area (Å²) in [6.07, 6.45) is 1.81. The molecule has 25 heavy (non-hydrogen) atoms. The van der Waals surface area contributed by atoms with Gasteiger partial charge in [-0.2, -0.15) is 0 Å². The van der Waals surface area contributed by atoms with Crippen molar-refractivity contribution in [2.24, 2.45) is 4.99 Å². The first-order chi connectivity index (χ1) is 11.4. The smallest absolute Gasteiger partial charge is 0.126 e. The van der Waals surface area contributed by atoms with Crippen LogP contribution in [0.15, 0.2) is 35.3 Å². The Morgan fingerprint density at radius 2 is 1.68 bits per heavy atom. The Morgan fingerprint density at radius 3 is 2.28 bits per heavy atom. The van der Waals surface area contributed by atoms with Gasteiger partial charge in [-0.25, -0.2) is 13.8 Å². The van der Waals surface area contributed by atoms with Gasteiger partial charge in [0.1, 0.15) is 11.6 Å². The maximum Gasteiger partial charge on any atom is 0.126 e. The molecule has 3 nitrogen and oxygen atoms in total. The van der Waals surface area contributed by atoms with Gasteiger partial charge < -0.3 is 10.2 Å². The first-order valence-electron chi connectivity index (χ1n) is 7.93. The molecule has 0 amide bonds. The second-order valence-corrected chi connectivity index (χ2v) is 5.90. The first-order valence-corrected chi connectivity index (χ1v) is 7.93. The summed E-state index contributed by atoms with van der Waals surface area (Å²) >= 11 is 0. The molecular weight excluding hydrogens is 344 g/mol. The van der Waals surface area contributed by atoms with Crippen molar-refractivity contribution in [3.63, 3.8) is 0 Å². The highest BCUT2D eigenvalue weighted by Crippen LogP contribution is 2.27. The molecule has 0 unspecified atom stereocenters. The second-order valence-electron chi connectivity index (χ2n) is 5.90. The lowest BCUT2D eigenvalue weighted by Crippen LogP contribution is -2.14. The van der Waals surface area contributed by atoms with Crippen molar-refractivity contribution in [1.29, 1.82) is 0 Å². The largest absolute Gasteiger partial charge is 0.381 e. The van der Waals surface area contributed by atoms with E-state index in [1.165, 1.54) is 12.1 Å². The van der Waals surface area contributed by atoms with Crippen molar-refractivity contribution >= 4 is 30.1 Å². The molecule has 2 aromatic rings. The fourth-order valence-corrected chi connectivity index (χ4v) is 2.28. The number of nitrogens with one attached hydrogen (secondary N) is 1. The van der Waals surface area contributed by atoms with Gasteiger partial charge in [-0.05, 0) is 61.7 Å². The van der Waals surface area contributed by atoms with Crippen molar-refractivity contribution in [1.82, 2.24) is 4.90 Å². The summed E-state index contributed by atoms with van der Waals surface area (Å²) in [6, 6.07) is 7.54. The van der Waals surface area contributed by atoms with Crippen LogP contribution in [0.2, 0.25) is 0 Å². The number of hydrogen-bond donors (Lipinski definition) is 1. The molecule has 0 atom stereocenters. The van der Waals surface area contributed by atoms with E-state index in [1.807, 2.05) is 44.3 Å². The van der Waals surface area contributed by atoms with E-state index in [9.17, 15) is 8.78 Å². The van der Waals surface area contributed by atoms with Crippen LogP contribution >= 0.6 is 12.4 Å². The van der Waals surface area contributed by atoms with E-state index < -0.39 is 11.6 Å².